The van der Waals surface area contributed by atoms with Crippen LogP contribution in [0.25, 0.3) is 0 Å². The van der Waals surface area contributed by atoms with Gasteiger partial charge in [-0.15, -0.1) is 0 Å². The minimum Gasteiger partial charge on any atom is -0.329 e. The van der Waals surface area contributed by atoms with E-state index in [1.807, 2.05) is 0 Å². The van der Waals surface area contributed by atoms with E-state index in [4.69, 9.17) is 5.73 Å². The minimum absolute atomic E-state index is 0.123. The lowest BCUT2D eigenvalue weighted by atomic mass is 9.70. The lowest BCUT2D eigenvalue weighted by molar-refractivity contribution is 0.0148. The van der Waals surface area contributed by atoms with Crippen LogP contribution in [0.5, 0.6) is 0 Å². The van der Waals surface area contributed by atoms with Gasteiger partial charge in [0.25, 0.3) is 0 Å². The van der Waals surface area contributed by atoms with Gasteiger partial charge in [0, 0.05) is 24.4 Å². The highest BCUT2D eigenvalue weighted by Gasteiger charge is 2.48. The molecule has 0 amide bonds. The lowest BCUT2D eigenvalue weighted by Gasteiger charge is -2.54. The summed E-state index contributed by atoms with van der Waals surface area (Å²) < 4.78 is 0. The van der Waals surface area contributed by atoms with Gasteiger partial charge in [-0.3, -0.25) is 4.90 Å². The van der Waals surface area contributed by atoms with Crippen molar-refractivity contribution >= 4 is 23.1 Å². The molecule has 0 bridgehead atoms. The van der Waals surface area contributed by atoms with Crippen LogP contribution in [0, 0.1) is 5.41 Å². The summed E-state index contributed by atoms with van der Waals surface area (Å²) in [4.78, 5) is 2.49. The Labute approximate surface area is 119 Å². The number of thioether (sulfide) groups is 1. The van der Waals surface area contributed by atoms with E-state index in [1.165, 1.54) is 17.7 Å². The highest BCUT2D eigenvalue weighted by molar-refractivity contribution is 7.99. The molecule has 1 unspecified atom stereocenters. The van der Waals surface area contributed by atoms with E-state index in [-0.39, 0.29) is 11.0 Å². The predicted octanol–water partition coefficient (Wildman–Crippen LogP) is 3.04. The first-order valence-corrected chi connectivity index (χ1v) is 8.62. The first-order valence-electron chi connectivity index (χ1n) is 6.52. The van der Waals surface area contributed by atoms with E-state index >= 15 is 0 Å². The van der Waals surface area contributed by atoms with Gasteiger partial charge in [0.1, 0.15) is 0 Å². The predicted molar refractivity (Wildman–Crippen MR) is 83.3 cm³/mol. The highest BCUT2D eigenvalue weighted by Crippen LogP contribution is 2.45. The Hall–Kier alpha value is -0.0300. The third-order valence-electron chi connectivity index (χ3n) is 4.54. The number of hydrogen-bond donors (Lipinski definition) is 1. The minimum atomic E-state index is 0.123. The molecule has 1 aromatic rings. The topological polar surface area (TPSA) is 29.3 Å². The largest absolute Gasteiger partial charge is 0.329 e. The van der Waals surface area contributed by atoms with Crippen molar-refractivity contribution in [3.8, 4) is 0 Å². The molecule has 1 atom stereocenters. The van der Waals surface area contributed by atoms with Gasteiger partial charge in [0.05, 0.1) is 0 Å². The summed E-state index contributed by atoms with van der Waals surface area (Å²) in [7, 11) is 2.23. The molecular weight excluding hydrogens is 260 g/mol. The Kier molecular flexibility index (Phi) is 4.42. The monoisotopic (exact) mass is 284 g/mol. The summed E-state index contributed by atoms with van der Waals surface area (Å²) in [6.45, 7) is 6.51. The van der Waals surface area contributed by atoms with Crippen LogP contribution in [0.15, 0.2) is 16.8 Å². The maximum Gasteiger partial charge on any atom is 0.0473 e. The molecule has 1 aromatic heterocycles. The van der Waals surface area contributed by atoms with Crippen LogP contribution in [-0.4, -0.2) is 35.5 Å². The Morgan fingerprint density at radius 3 is 2.78 bits per heavy atom. The smallest absolute Gasteiger partial charge is 0.0473 e. The van der Waals surface area contributed by atoms with Gasteiger partial charge < -0.3 is 5.73 Å². The molecule has 2 nitrogen and oxygen atoms in total. The SMILES string of the molecule is CN(Cc1ccsc1)C1(CN)CSCCC1(C)C. The van der Waals surface area contributed by atoms with Crippen molar-refractivity contribution in [3.63, 3.8) is 0 Å². The van der Waals surface area contributed by atoms with Gasteiger partial charge in [0.15, 0.2) is 0 Å². The van der Waals surface area contributed by atoms with E-state index in [2.05, 4.69) is 54.4 Å². The first-order chi connectivity index (χ1) is 8.52. The van der Waals surface area contributed by atoms with Crippen molar-refractivity contribution in [1.29, 1.82) is 0 Å². The number of thiophene rings is 1. The fourth-order valence-corrected chi connectivity index (χ4v) is 5.45. The number of rotatable bonds is 4. The Balaban J connectivity index is 2.20. The summed E-state index contributed by atoms with van der Waals surface area (Å²) in [6.07, 6.45) is 1.25. The molecule has 0 radical (unpaired) electrons. The summed E-state index contributed by atoms with van der Waals surface area (Å²) in [5.74, 6) is 2.41. The van der Waals surface area contributed by atoms with Crippen LogP contribution < -0.4 is 5.73 Å². The van der Waals surface area contributed by atoms with Gasteiger partial charge in [-0.1, -0.05) is 13.8 Å². The molecule has 0 aliphatic carbocycles. The van der Waals surface area contributed by atoms with Crippen LogP contribution >= 0.6 is 23.1 Å². The van der Waals surface area contributed by atoms with Crippen molar-refractivity contribution in [3.05, 3.63) is 22.4 Å². The molecule has 2 heterocycles. The molecule has 0 aromatic carbocycles. The quantitative estimate of drug-likeness (QED) is 0.921. The molecule has 1 aliphatic rings. The number of likely N-dealkylation sites (N-methyl/N-ethyl adjacent to an activating group) is 1. The zero-order valence-corrected chi connectivity index (χ0v) is 13.2. The lowest BCUT2D eigenvalue weighted by Crippen LogP contribution is -2.64. The molecule has 0 spiro atoms. The molecule has 1 aliphatic heterocycles. The van der Waals surface area contributed by atoms with E-state index in [0.717, 1.165) is 18.8 Å². The van der Waals surface area contributed by atoms with E-state index < -0.39 is 0 Å². The molecule has 4 heteroatoms. The molecule has 102 valence electrons. The van der Waals surface area contributed by atoms with E-state index in [1.54, 1.807) is 11.3 Å². The van der Waals surface area contributed by atoms with Crippen LogP contribution in [0.2, 0.25) is 0 Å². The summed E-state index contributed by atoms with van der Waals surface area (Å²) >= 11 is 3.82. The van der Waals surface area contributed by atoms with E-state index in [9.17, 15) is 0 Å². The van der Waals surface area contributed by atoms with Crippen LogP contribution in [0.3, 0.4) is 0 Å². The molecule has 2 N–H and O–H groups in total. The molecule has 1 fully saturated rings. The zero-order valence-electron chi connectivity index (χ0n) is 11.6. The summed E-state index contributed by atoms with van der Waals surface area (Å²) in [6, 6.07) is 2.22. The van der Waals surface area contributed by atoms with Gasteiger partial charge >= 0.3 is 0 Å². The average molecular weight is 284 g/mol. The van der Waals surface area contributed by atoms with Crippen LogP contribution in [0.1, 0.15) is 25.8 Å². The van der Waals surface area contributed by atoms with Crippen molar-refractivity contribution in [2.75, 3.05) is 25.1 Å². The second-order valence-electron chi connectivity index (χ2n) is 5.91. The molecule has 18 heavy (non-hydrogen) atoms. The Morgan fingerprint density at radius 1 is 1.44 bits per heavy atom. The Bertz CT molecular complexity index is 375. The first kappa shape index (κ1) is 14.4. The average Bonchev–Trinajstić information content (AvgIpc) is 2.81. The van der Waals surface area contributed by atoms with Crippen molar-refractivity contribution in [1.82, 2.24) is 4.90 Å². The fourth-order valence-electron chi connectivity index (χ4n) is 2.92. The number of hydrogen-bond acceptors (Lipinski definition) is 4. The maximum atomic E-state index is 6.19. The Morgan fingerprint density at radius 2 is 2.22 bits per heavy atom. The van der Waals surface area contributed by atoms with Crippen molar-refractivity contribution in [2.45, 2.75) is 32.4 Å². The van der Waals surface area contributed by atoms with Gasteiger partial charge in [-0.25, -0.2) is 0 Å². The van der Waals surface area contributed by atoms with Gasteiger partial charge in [-0.2, -0.15) is 23.1 Å². The van der Waals surface area contributed by atoms with Crippen molar-refractivity contribution in [2.24, 2.45) is 11.1 Å². The van der Waals surface area contributed by atoms with Crippen LogP contribution in [0.4, 0.5) is 0 Å². The van der Waals surface area contributed by atoms with Gasteiger partial charge in [0.2, 0.25) is 0 Å². The van der Waals surface area contributed by atoms with Crippen molar-refractivity contribution < 1.29 is 0 Å². The van der Waals surface area contributed by atoms with Gasteiger partial charge in [-0.05, 0) is 47.0 Å². The number of nitrogens with two attached hydrogens (primary N) is 1. The second kappa shape index (κ2) is 5.53. The molecule has 1 saturated heterocycles. The summed E-state index contributed by atoms with van der Waals surface area (Å²) in [5.41, 5.74) is 8.01. The molecule has 0 saturated carbocycles. The standard InChI is InChI=1S/C14H24N2S2/c1-13(2)5-7-18-11-14(13,10-15)16(3)8-12-4-6-17-9-12/h4,6,9H,5,7-8,10-11,15H2,1-3H3. The normalized spacial score (nSPS) is 27.6. The van der Waals surface area contributed by atoms with Crippen LogP contribution in [-0.2, 0) is 6.54 Å². The maximum absolute atomic E-state index is 6.19. The number of nitrogens with zero attached hydrogens (tertiary/aromatic N) is 1. The zero-order chi connectivity index (χ0) is 13.2. The fraction of sp³-hybridized carbons (Fsp3) is 0.714. The third-order valence-corrected chi connectivity index (χ3v) is 6.45. The second-order valence-corrected chi connectivity index (χ2v) is 7.80. The molecular formula is C14H24N2S2. The molecule has 2 rings (SSSR count). The van der Waals surface area contributed by atoms with E-state index in [0.29, 0.717) is 0 Å². The highest BCUT2D eigenvalue weighted by atomic mass is 32.2. The summed E-state index contributed by atoms with van der Waals surface area (Å²) in [5, 5.41) is 4.39. The third kappa shape index (κ3) is 2.48.